The van der Waals surface area contributed by atoms with Gasteiger partial charge in [-0.05, 0) is 55.5 Å². The van der Waals surface area contributed by atoms with Gasteiger partial charge in [-0.3, -0.25) is 9.59 Å². The highest BCUT2D eigenvalue weighted by Crippen LogP contribution is 2.25. The number of benzene rings is 3. The van der Waals surface area contributed by atoms with Crippen LogP contribution in [0.4, 0.5) is 0 Å². The Morgan fingerprint density at radius 2 is 1.75 bits per heavy atom. The van der Waals surface area contributed by atoms with Crippen molar-refractivity contribution in [3.05, 3.63) is 101 Å². The molecule has 1 saturated heterocycles. The summed E-state index contributed by atoms with van der Waals surface area (Å²) in [5.74, 6) is 0.150. The van der Waals surface area contributed by atoms with Gasteiger partial charge in [-0.2, -0.15) is 0 Å². The SMILES string of the molecule is CCOc1ccc(/C=[N+]2\NC(=O)[C@H](NC(=O)c3ccc(Cl)cc3)[C@@H]2c2ccccc2)cc1. The molecule has 1 aliphatic rings. The van der Waals surface area contributed by atoms with E-state index in [4.69, 9.17) is 16.3 Å². The van der Waals surface area contributed by atoms with Crippen molar-refractivity contribution in [1.29, 1.82) is 0 Å². The molecule has 162 valence electrons. The van der Waals surface area contributed by atoms with Crippen molar-refractivity contribution < 1.29 is 19.0 Å². The number of hydrogen-bond donors (Lipinski definition) is 2. The van der Waals surface area contributed by atoms with Crippen LogP contribution in [0.15, 0.2) is 78.9 Å². The maximum atomic E-state index is 12.9. The molecule has 7 heteroatoms. The molecule has 4 rings (SSSR count). The minimum atomic E-state index is -0.778. The van der Waals surface area contributed by atoms with Crippen LogP contribution >= 0.6 is 11.6 Å². The van der Waals surface area contributed by atoms with Gasteiger partial charge in [0, 0.05) is 21.7 Å². The van der Waals surface area contributed by atoms with Crippen LogP contribution in [0, 0.1) is 0 Å². The molecule has 0 aliphatic carbocycles. The Morgan fingerprint density at radius 1 is 1.06 bits per heavy atom. The largest absolute Gasteiger partial charge is 0.494 e. The standard InChI is InChI=1S/C25H22ClN3O3/c1-2-32-21-14-8-17(9-15-21)16-29-23(18-6-4-3-5-7-18)22(25(31)28-29)27-24(30)19-10-12-20(26)13-11-19/h3-16,22-23H,2H2,1H3,(H-,27,28,30,31)/p+1/b29-16-/t22-,23+/m1/s1. The van der Waals surface area contributed by atoms with E-state index < -0.39 is 12.1 Å². The number of rotatable bonds is 6. The highest BCUT2D eigenvalue weighted by molar-refractivity contribution is 6.30. The third-order valence-corrected chi connectivity index (χ3v) is 5.40. The summed E-state index contributed by atoms with van der Waals surface area (Å²) in [4.78, 5) is 25.7. The Kier molecular flexibility index (Phi) is 6.52. The third kappa shape index (κ3) is 4.81. The first-order valence-corrected chi connectivity index (χ1v) is 10.7. The second-order valence-corrected chi connectivity index (χ2v) is 7.76. The Bertz CT molecular complexity index is 1130. The summed E-state index contributed by atoms with van der Waals surface area (Å²) in [6.07, 6.45) is 1.85. The third-order valence-electron chi connectivity index (χ3n) is 5.15. The molecule has 2 amide bonds. The zero-order valence-electron chi connectivity index (χ0n) is 17.5. The van der Waals surface area contributed by atoms with Crippen LogP contribution in [0.5, 0.6) is 5.75 Å². The first-order valence-electron chi connectivity index (χ1n) is 10.3. The first kappa shape index (κ1) is 21.6. The minimum Gasteiger partial charge on any atom is -0.494 e. The number of halogens is 1. The maximum Gasteiger partial charge on any atom is 0.304 e. The van der Waals surface area contributed by atoms with Gasteiger partial charge in [-0.1, -0.05) is 41.9 Å². The van der Waals surface area contributed by atoms with E-state index in [1.165, 1.54) is 0 Å². The van der Waals surface area contributed by atoms with Crippen LogP contribution in [0.25, 0.3) is 0 Å². The van der Waals surface area contributed by atoms with Crippen LogP contribution in [-0.2, 0) is 4.79 Å². The molecule has 0 radical (unpaired) electrons. The van der Waals surface area contributed by atoms with E-state index in [-0.39, 0.29) is 11.8 Å². The molecule has 0 saturated carbocycles. The van der Waals surface area contributed by atoms with Crippen LogP contribution in [0.1, 0.15) is 34.5 Å². The minimum absolute atomic E-state index is 0.289. The molecular formula is C25H23ClN3O3+. The molecule has 0 unspecified atom stereocenters. The van der Waals surface area contributed by atoms with Crippen molar-refractivity contribution in [1.82, 2.24) is 10.7 Å². The molecule has 0 aromatic heterocycles. The number of nitrogens with one attached hydrogen (secondary N) is 2. The van der Waals surface area contributed by atoms with E-state index in [0.717, 1.165) is 16.9 Å². The molecule has 0 spiro atoms. The van der Waals surface area contributed by atoms with E-state index in [1.807, 2.05) is 67.7 Å². The number of amides is 2. The van der Waals surface area contributed by atoms with Gasteiger partial charge in [0.1, 0.15) is 5.75 Å². The van der Waals surface area contributed by atoms with Gasteiger partial charge in [0.05, 0.1) is 6.61 Å². The quantitative estimate of drug-likeness (QED) is 0.564. The molecule has 1 aliphatic heterocycles. The van der Waals surface area contributed by atoms with Gasteiger partial charge in [-0.25, -0.2) is 0 Å². The first-order chi connectivity index (χ1) is 15.5. The lowest BCUT2D eigenvalue weighted by Crippen LogP contribution is -2.42. The summed E-state index contributed by atoms with van der Waals surface area (Å²) in [6, 6.07) is 22.5. The van der Waals surface area contributed by atoms with Crippen molar-refractivity contribution in [3.8, 4) is 5.75 Å². The molecule has 3 aromatic carbocycles. The zero-order chi connectivity index (χ0) is 22.5. The molecule has 3 aromatic rings. The maximum absolute atomic E-state index is 12.9. The van der Waals surface area contributed by atoms with Crippen molar-refractivity contribution in [2.75, 3.05) is 6.61 Å². The van der Waals surface area contributed by atoms with E-state index in [2.05, 4.69) is 10.7 Å². The summed E-state index contributed by atoms with van der Waals surface area (Å²) >= 11 is 5.92. The molecule has 2 N–H and O–H groups in total. The van der Waals surface area contributed by atoms with E-state index in [1.54, 1.807) is 28.9 Å². The van der Waals surface area contributed by atoms with Crippen molar-refractivity contribution in [2.24, 2.45) is 0 Å². The van der Waals surface area contributed by atoms with Gasteiger partial charge < -0.3 is 10.1 Å². The van der Waals surface area contributed by atoms with Crippen LogP contribution < -0.4 is 15.5 Å². The number of hydrazone groups is 1. The summed E-state index contributed by atoms with van der Waals surface area (Å²) in [7, 11) is 0. The van der Waals surface area contributed by atoms with Crippen LogP contribution in [0.3, 0.4) is 0 Å². The number of nitrogens with zero attached hydrogens (tertiary/aromatic N) is 1. The second kappa shape index (κ2) is 9.66. The monoisotopic (exact) mass is 448 g/mol. The molecule has 6 nitrogen and oxygen atoms in total. The summed E-state index contributed by atoms with van der Waals surface area (Å²) < 4.78 is 7.23. The smallest absolute Gasteiger partial charge is 0.304 e. The number of carbonyl (C=O) groups is 2. The van der Waals surface area contributed by atoms with Gasteiger partial charge in [0.15, 0.2) is 6.04 Å². The fourth-order valence-electron chi connectivity index (χ4n) is 3.63. The Hall–Kier alpha value is -3.64. The predicted octanol–water partition coefficient (Wildman–Crippen LogP) is 3.75. The summed E-state index contributed by atoms with van der Waals surface area (Å²) in [6.45, 7) is 2.53. The number of hydrazine groups is 1. The normalized spacial score (nSPS) is 18.9. The number of ether oxygens (including phenoxy) is 1. The fraction of sp³-hybridized carbons (Fsp3) is 0.160. The van der Waals surface area contributed by atoms with Crippen LogP contribution in [-0.4, -0.2) is 35.4 Å². The molecule has 1 fully saturated rings. The highest BCUT2D eigenvalue weighted by Gasteiger charge is 2.47. The fourth-order valence-corrected chi connectivity index (χ4v) is 3.76. The second-order valence-electron chi connectivity index (χ2n) is 7.33. The molecule has 1 heterocycles. The lowest BCUT2D eigenvalue weighted by atomic mass is 10.00. The lowest BCUT2D eigenvalue weighted by molar-refractivity contribution is -0.596. The predicted molar refractivity (Wildman–Crippen MR) is 123 cm³/mol. The van der Waals surface area contributed by atoms with Crippen molar-refractivity contribution in [3.63, 3.8) is 0 Å². The van der Waals surface area contributed by atoms with Crippen molar-refractivity contribution >= 4 is 29.6 Å². The van der Waals surface area contributed by atoms with E-state index >= 15 is 0 Å². The van der Waals surface area contributed by atoms with E-state index in [9.17, 15) is 9.59 Å². The van der Waals surface area contributed by atoms with Gasteiger partial charge in [0.25, 0.3) is 5.91 Å². The number of hydrogen-bond acceptors (Lipinski definition) is 3. The van der Waals surface area contributed by atoms with Gasteiger partial charge >= 0.3 is 5.91 Å². The van der Waals surface area contributed by atoms with Gasteiger partial charge in [-0.15, -0.1) is 10.1 Å². The lowest BCUT2D eigenvalue weighted by Gasteiger charge is -2.14. The van der Waals surface area contributed by atoms with E-state index in [0.29, 0.717) is 17.2 Å². The van der Waals surface area contributed by atoms with Gasteiger partial charge in [0.2, 0.25) is 12.3 Å². The molecular weight excluding hydrogens is 426 g/mol. The average molecular weight is 449 g/mol. The zero-order valence-corrected chi connectivity index (χ0v) is 18.3. The number of carbonyl (C=O) groups excluding carboxylic acids is 2. The molecule has 2 atom stereocenters. The topological polar surface area (TPSA) is 70.4 Å². The summed E-state index contributed by atoms with van der Waals surface area (Å²) in [5, 5.41) is 3.42. The molecule has 32 heavy (non-hydrogen) atoms. The Morgan fingerprint density at radius 3 is 2.41 bits per heavy atom. The Balaban J connectivity index is 1.64. The Labute approximate surface area is 191 Å². The summed E-state index contributed by atoms with van der Waals surface area (Å²) in [5.41, 5.74) is 5.10. The molecule has 0 bridgehead atoms. The average Bonchev–Trinajstić information content (AvgIpc) is 3.10. The van der Waals surface area contributed by atoms with Crippen LogP contribution in [0.2, 0.25) is 5.02 Å². The highest BCUT2D eigenvalue weighted by atomic mass is 35.5. The van der Waals surface area contributed by atoms with Crippen molar-refractivity contribution in [2.45, 2.75) is 19.0 Å².